The van der Waals surface area contributed by atoms with Crippen LogP contribution in [-0.4, -0.2) is 44.0 Å². The minimum atomic E-state index is -0.0749. The van der Waals surface area contributed by atoms with Crippen molar-refractivity contribution in [3.63, 3.8) is 0 Å². The van der Waals surface area contributed by atoms with Gasteiger partial charge in [-0.3, -0.25) is 4.79 Å². The molecule has 0 saturated carbocycles. The van der Waals surface area contributed by atoms with Crippen LogP contribution in [0.15, 0.2) is 66.7 Å². The molecule has 4 heteroatoms. The fourth-order valence-electron chi connectivity index (χ4n) is 3.44. The smallest absolute Gasteiger partial charge is 0.256 e. The highest BCUT2D eigenvalue weighted by Gasteiger charge is 2.14. The van der Waals surface area contributed by atoms with Crippen molar-refractivity contribution in [2.45, 2.75) is 0 Å². The van der Waals surface area contributed by atoms with Gasteiger partial charge in [-0.2, -0.15) is 0 Å². The number of carbonyl (C=O) groups excluding carboxylic acids is 1. The summed E-state index contributed by atoms with van der Waals surface area (Å²) >= 11 is 0. The van der Waals surface area contributed by atoms with Crippen molar-refractivity contribution in [3.8, 4) is 0 Å². The molecule has 0 aromatic heterocycles. The predicted molar refractivity (Wildman–Crippen MR) is 108 cm³/mol. The summed E-state index contributed by atoms with van der Waals surface area (Å²) in [6, 6.07) is 21.9. The molecule has 26 heavy (non-hydrogen) atoms. The molecule has 0 radical (unpaired) electrons. The molecule has 1 aliphatic heterocycles. The van der Waals surface area contributed by atoms with E-state index in [1.54, 1.807) is 0 Å². The van der Waals surface area contributed by atoms with Gasteiger partial charge in [0, 0.05) is 43.1 Å². The number of nitrogens with zero attached hydrogens (tertiary/aromatic N) is 2. The first-order chi connectivity index (χ1) is 12.7. The summed E-state index contributed by atoms with van der Waals surface area (Å²) in [5.74, 6) is -0.0749. The van der Waals surface area contributed by atoms with Crippen LogP contribution in [0.5, 0.6) is 0 Å². The lowest BCUT2D eigenvalue weighted by molar-refractivity contribution is 0.102. The third-order valence-electron chi connectivity index (χ3n) is 5.03. The monoisotopic (exact) mass is 345 g/mol. The average molecular weight is 345 g/mol. The van der Waals surface area contributed by atoms with Gasteiger partial charge < -0.3 is 15.1 Å². The quantitative estimate of drug-likeness (QED) is 0.783. The zero-order valence-corrected chi connectivity index (χ0v) is 15.0. The topological polar surface area (TPSA) is 35.6 Å². The van der Waals surface area contributed by atoms with Gasteiger partial charge in [-0.05, 0) is 48.2 Å². The Balaban J connectivity index is 1.49. The Bertz CT molecular complexity index is 907. The molecule has 3 aromatic carbocycles. The van der Waals surface area contributed by atoms with E-state index >= 15 is 0 Å². The molecule has 132 valence electrons. The van der Waals surface area contributed by atoms with Crippen LogP contribution < -0.4 is 10.2 Å². The zero-order chi connectivity index (χ0) is 17.9. The van der Waals surface area contributed by atoms with Crippen LogP contribution in [-0.2, 0) is 0 Å². The average Bonchev–Trinajstić information content (AvgIpc) is 2.69. The predicted octanol–water partition coefficient (Wildman–Crippen LogP) is 3.84. The van der Waals surface area contributed by atoms with E-state index in [4.69, 9.17) is 0 Å². The van der Waals surface area contributed by atoms with Crippen molar-refractivity contribution < 1.29 is 4.79 Å². The minimum Gasteiger partial charge on any atom is -0.369 e. The number of anilines is 2. The maximum atomic E-state index is 12.7. The summed E-state index contributed by atoms with van der Waals surface area (Å²) in [5.41, 5.74) is 2.73. The number of hydrogen-bond donors (Lipinski definition) is 1. The van der Waals surface area contributed by atoms with Crippen LogP contribution in [0.4, 0.5) is 11.4 Å². The first-order valence-electron chi connectivity index (χ1n) is 9.03. The molecular weight excluding hydrogens is 322 g/mol. The molecule has 1 N–H and O–H groups in total. The summed E-state index contributed by atoms with van der Waals surface area (Å²) in [5, 5.41) is 5.07. The molecule has 0 bridgehead atoms. The lowest BCUT2D eigenvalue weighted by Gasteiger charge is -2.34. The summed E-state index contributed by atoms with van der Waals surface area (Å²) < 4.78 is 0. The number of piperazine rings is 1. The van der Waals surface area contributed by atoms with Gasteiger partial charge in [-0.15, -0.1) is 0 Å². The van der Waals surface area contributed by atoms with Gasteiger partial charge in [-0.25, -0.2) is 0 Å². The molecule has 0 unspecified atom stereocenters. The van der Waals surface area contributed by atoms with Crippen LogP contribution in [0.2, 0.25) is 0 Å². The first-order valence-corrected chi connectivity index (χ1v) is 9.03. The van der Waals surface area contributed by atoms with E-state index in [0.29, 0.717) is 5.56 Å². The number of benzene rings is 3. The Morgan fingerprint density at radius 3 is 2.31 bits per heavy atom. The SMILES string of the molecule is CN1CCN(c2ccc(NC(=O)c3cccc4ccccc34)cc2)CC1. The summed E-state index contributed by atoms with van der Waals surface area (Å²) in [6.07, 6.45) is 0. The maximum Gasteiger partial charge on any atom is 0.256 e. The summed E-state index contributed by atoms with van der Waals surface area (Å²) in [6.45, 7) is 4.25. The highest BCUT2D eigenvalue weighted by atomic mass is 16.1. The van der Waals surface area contributed by atoms with E-state index in [1.165, 1.54) is 5.69 Å². The fraction of sp³-hybridized carbons (Fsp3) is 0.227. The molecule has 0 spiro atoms. The molecule has 1 fully saturated rings. The molecule has 0 atom stereocenters. The molecule has 1 amide bonds. The van der Waals surface area contributed by atoms with E-state index in [1.807, 2.05) is 54.6 Å². The summed E-state index contributed by atoms with van der Waals surface area (Å²) in [4.78, 5) is 17.5. The van der Waals surface area contributed by atoms with Crippen LogP contribution in [0.25, 0.3) is 10.8 Å². The van der Waals surface area contributed by atoms with Gasteiger partial charge in [-0.1, -0.05) is 36.4 Å². The second kappa shape index (κ2) is 7.18. The zero-order valence-electron chi connectivity index (χ0n) is 15.0. The Morgan fingerprint density at radius 2 is 1.54 bits per heavy atom. The maximum absolute atomic E-state index is 12.7. The number of likely N-dealkylation sites (N-methyl/N-ethyl adjacent to an activating group) is 1. The van der Waals surface area contributed by atoms with E-state index in [2.05, 4.69) is 34.3 Å². The summed E-state index contributed by atoms with van der Waals surface area (Å²) in [7, 11) is 2.16. The van der Waals surface area contributed by atoms with Crippen LogP contribution >= 0.6 is 0 Å². The van der Waals surface area contributed by atoms with Crippen molar-refractivity contribution in [1.29, 1.82) is 0 Å². The van der Waals surface area contributed by atoms with Crippen LogP contribution in [0.1, 0.15) is 10.4 Å². The van der Waals surface area contributed by atoms with Crippen LogP contribution in [0, 0.1) is 0 Å². The number of amides is 1. The fourth-order valence-corrected chi connectivity index (χ4v) is 3.44. The largest absolute Gasteiger partial charge is 0.369 e. The Labute approximate surface area is 154 Å². The number of hydrogen-bond acceptors (Lipinski definition) is 3. The number of carbonyl (C=O) groups is 1. The first kappa shape index (κ1) is 16.6. The molecule has 1 heterocycles. The lowest BCUT2D eigenvalue weighted by atomic mass is 10.0. The number of nitrogens with one attached hydrogen (secondary N) is 1. The third-order valence-corrected chi connectivity index (χ3v) is 5.03. The molecule has 0 aliphatic carbocycles. The van der Waals surface area contributed by atoms with E-state index in [-0.39, 0.29) is 5.91 Å². The van der Waals surface area contributed by atoms with Gasteiger partial charge in [0.15, 0.2) is 0 Å². The van der Waals surface area contributed by atoms with Gasteiger partial charge in [0.1, 0.15) is 0 Å². The molecule has 3 aromatic rings. The lowest BCUT2D eigenvalue weighted by Crippen LogP contribution is -2.44. The van der Waals surface area contributed by atoms with Crippen molar-refractivity contribution in [3.05, 3.63) is 72.3 Å². The molecule has 1 aliphatic rings. The van der Waals surface area contributed by atoms with Crippen molar-refractivity contribution >= 4 is 28.1 Å². The molecule has 4 nitrogen and oxygen atoms in total. The van der Waals surface area contributed by atoms with Crippen LogP contribution in [0.3, 0.4) is 0 Å². The van der Waals surface area contributed by atoms with E-state index in [9.17, 15) is 4.79 Å². The minimum absolute atomic E-state index is 0.0749. The van der Waals surface area contributed by atoms with Gasteiger partial charge in [0.25, 0.3) is 5.91 Å². The van der Waals surface area contributed by atoms with Gasteiger partial charge >= 0.3 is 0 Å². The van der Waals surface area contributed by atoms with Gasteiger partial charge in [0.05, 0.1) is 0 Å². The third kappa shape index (κ3) is 3.41. The van der Waals surface area contributed by atoms with Crippen molar-refractivity contribution in [1.82, 2.24) is 4.90 Å². The Hall–Kier alpha value is -2.85. The molecular formula is C22H23N3O. The van der Waals surface area contributed by atoms with E-state index < -0.39 is 0 Å². The standard InChI is InChI=1S/C22H23N3O/c1-24-13-15-25(16-14-24)19-11-9-18(10-12-19)23-22(26)21-8-4-6-17-5-2-3-7-20(17)21/h2-12H,13-16H2,1H3,(H,23,26). The van der Waals surface area contributed by atoms with Crippen molar-refractivity contribution in [2.75, 3.05) is 43.4 Å². The highest BCUT2D eigenvalue weighted by molar-refractivity contribution is 6.12. The van der Waals surface area contributed by atoms with Gasteiger partial charge in [0.2, 0.25) is 0 Å². The normalized spacial score (nSPS) is 15.2. The van der Waals surface area contributed by atoms with Crippen molar-refractivity contribution in [2.24, 2.45) is 0 Å². The number of fused-ring (bicyclic) bond motifs is 1. The Kier molecular flexibility index (Phi) is 4.59. The second-order valence-corrected chi connectivity index (χ2v) is 6.82. The molecule has 4 rings (SSSR count). The second-order valence-electron chi connectivity index (χ2n) is 6.82. The number of rotatable bonds is 3. The highest BCUT2D eigenvalue weighted by Crippen LogP contribution is 2.22. The van der Waals surface area contributed by atoms with E-state index in [0.717, 1.165) is 42.6 Å². The molecule has 1 saturated heterocycles. The Morgan fingerprint density at radius 1 is 0.846 bits per heavy atom.